The summed E-state index contributed by atoms with van der Waals surface area (Å²) in [5.41, 5.74) is 5.52. The summed E-state index contributed by atoms with van der Waals surface area (Å²) >= 11 is 7.50. The molecule has 0 aromatic heterocycles. The normalized spacial score (nSPS) is 15.2. The zero-order chi connectivity index (χ0) is 22.1. The van der Waals surface area contributed by atoms with E-state index in [0.29, 0.717) is 0 Å². The van der Waals surface area contributed by atoms with E-state index >= 15 is 0 Å². The second-order valence-electron chi connectivity index (χ2n) is 10.4. The van der Waals surface area contributed by atoms with Gasteiger partial charge in [0, 0.05) is 11.0 Å². The maximum absolute atomic E-state index is 5.46. The van der Waals surface area contributed by atoms with Crippen LogP contribution in [0.1, 0.15) is 92.3 Å². The molecule has 0 saturated heterocycles. The Balaban J connectivity index is 3.76. The van der Waals surface area contributed by atoms with Crippen molar-refractivity contribution in [2.45, 2.75) is 91.9 Å². The van der Waals surface area contributed by atoms with Crippen LogP contribution in [-0.2, 0) is 21.0 Å². The lowest BCUT2D eigenvalue weighted by molar-refractivity contribution is 0.325. The number of benzene rings is 1. The molecule has 1 rings (SSSR count). The van der Waals surface area contributed by atoms with Gasteiger partial charge in [-0.15, -0.1) is 0 Å². The Morgan fingerprint density at radius 3 is 1.64 bits per heavy atom. The van der Waals surface area contributed by atoms with E-state index in [9.17, 15) is 0 Å². The van der Waals surface area contributed by atoms with Gasteiger partial charge in [-0.2, -0.15) is 0 Å². The lowest BCUT2D eigenvalue weighted by Crippen LogP contribution is -2.23. The molecule has 0 fully saturated rings. The van der Waals surface area contributed by atoms with Crippen LogP contribution in [-0.4, -0.2) is 7.11 Å². The summed E-state index contributed by atoms with van der Waals surface area (Å²) in [6.45, 7) is 22.0. The number of hydrogen-bond donors (Lipinski definition) is 1. The van der Waals surface area contributed by atoms with Crippen LogP contribution in [0.15, 0.2) is 22.1 Å². The second-order valence-corrected chi connectivity index (χ2v) is 14.5. The van der Waals surface area contributed by atoms with Crippen molar-refractivity contribution in [3.05, 3.63) is 38.8 Å². The first kappa shape index (κ1) is 26.0. The number of methoxy groups -OCH3 is 1. The van der Waals surface area contributed by atoms with E-state index < -0.39 is 6.77 Å². The van der Waals surface area contributed by atoms with Crippen LogP contribution in [0, 0.1) is 0 Å². The van der Waals surface area contributed by atoms with Crippen LogP contribution < -0.4 is 5.09 Å². The van der Waals surface area contributed by atoms with Crippen LogP contribution in [0.5, 0.6) is 0 Å². The number of rotatable bonds is 5. The summed E-state index contributed by atoms with van der Waals surface area (Å²) in [6, 6.07) is 4.79. The Morgan fingerprint density at radius 1 is 0.929 bits per heavy atom. The van der Waals surface area contributed by atoms with Crippen molar-refractivity contribution >= 4 is 43.9 Å². The Bertz CT molecular complexity index is 687. The first-order valence-corrected chi connectivity index (χ1v) is 14.0. The van der Waals surface area contributed by atoms with E-state index in [0.717, 1.165) is 11.1 Å². The topological polar surface area (TPSA) is 21.3 Å². The smallest absolute Gasteiger partial charge is 0.167 e. The van der Waals surface area contributed by atoms with Gasteiger partial charge in [0.2, 0.25) is 0 Å². The van der Waals surface area contributed by atoms with Gasteiger partial charge in [-0.05, 0) is 70.8 Å². The maximum atomic E-state index is 5.46. The van der Waals surface area contributed by atoms with Crippen LogP contribution in [0.2, 0.25) is 0 Å². The van der Waals surface area contributed by atoms with Crippen LogP contribution in [0.25, 0.3) is 0 Å². The van der Waals surface area contributed by atoms with Crippen molar-refractivity contribution in [2.24, 2.45) is 0 Å². The molecule has 1 atom stereocenters. The molecule has 0 aliphatic heterocycles. The highest BCUT2D eigenvalue weighted by atomic mass is 79.9. The fourth-order valence-corrected chi connectivity index (χ4v) is 7.41. The standard InChI is InChI=1S/C23H38Br2NOP/c1-12-18(20(24)27-11)28(25)26-19-16(22(5,6)7)13-15(21(2,3)4)14-17(19)23(8,9)10/h13-14,26H,12H2,1-11H3/b20-18-. The van der Waals surface area contributed by atoms with E-state index in [1.165, 1.54) is 27.7 Å². The van der Waals surface area contributed by atoms with Gasteiger partial charge in [0.1, 0.15) is 0 Å². The molecule has 1 N–H and O–H groups in total. The third-order valence-electron chi connectivity index (χ3n) is 4.81. The van der Waals surface area contributed by atoms with Crippen molar-refractivity contribution in [3.63, 3.8) is 0 Å². The first-order valence-electron chi connectivity index (χ1n) is 9.88. The molecule has 0 heterocycles. The number of nitrogens with one attached hydrogen (secondary N) is 1. The SMILES string of the molecule is CC/C(=C(\Br)OC)P(Br)Nc1c(C(C)(C)C)cc(C(C)(C)C)cc1C(C)(C)C. The lowest BCUT2D eigenvalue weighted by atomic mass is 9.74. The molecule has 1 aromatic carbocycles. The molecule has 0 aliphatic carbocycles. The summed E-state index contributed by atoms with van der Waals surface area (Å²) in [7, 11) is 1.70. The van der Waals surface area contributed by atoms with Crippen LogP contribution in [0.3, 0.4) is 0 Å². The molecule has 5 heteroatoms. The minimum absolute atomic E-state index is 0.0291. The molecule has 0 amide bonds. The van der Waals surface area contributed by atoms with Crippen molar-refractivity contribution in [1.29, 1.82) is 0 Å². The molecule has 0 bridgehead atoms. The molecular weight excluding hydrogens is 497 g/mol. The highest BCUT2D eigenvalue weighted by molar-refractivity contribution is 9.40. The lowest BCUT2D eigenvalue weighted by Gasteiger charge is -2.35. The Labute approximate surface area is 191 Å². The maximum Gasteiger partial charge on any atom is 0.167 e. The van der Waals surface area contributed by atoms with Gasteiger partial charge < -0.3 is 9.82 Å². The van der Waals surface area contributed by atoms with E-state index in [1.54, 1.807) is 7.11 Å². The number of anilines is 1. The van der Waals surface area contributed by atoms with Gasteiger partial charge in [-0.3, -0.25) is 0 Å². The minimum Gasteiger partial charge on any atom is -0.490 e. The Hall–Kier alpha value is -0.0500. The molecule has 1 unspecified atom stereocenters. The molecule has 0 aliphatic rings. The third kappa shape index (κ3) is 6.47. The molecule has 28 heavy (non-hydrogen) atoms. The summed E-state index contributed by atoms with van der Waals surface area (Å²) in [5.74, 6) is 0. The van der Waals surface area contributed by atoms with E-state index in [2.05, 4.69) is 118 Å². The fraction of sp³-hybridized carbons (Fsp3) is 0.652. The molecule has 0 saturated carbocycles. The minimum atomic E-state index is -0.760. The fourth-order valence-electron chi connectivity index (χ4n) is 3.02. The van der Waals surface area contributed by atoms with E-state index in [4.69, 9.17) is 4.74 Å². The van der Waals surface area contributed by atoms with Gasteiger partial charge in [-0.1, -0.05) is 81.4 Å². The zero-order valence-corrected chi connectivity index (χ0v) is 23.5. The van der Waals surface area contributed by atoms with Crippen molar-refractivity contribution in [3.8, 4) is 0 Å². The summed E-state index contributed by atoms with van der Waals surface area (Å²) in [6.07, 6.45) is 0.911. The van der Waals surface area contributed by atoms with Gasteiger partial charge in [0.15, 0.2) is 4.67 Å². The number of ether oxygens (including phenoxy) is 1. The van der Waals surface area contributed by atoms with Crippen molar-refractivity contribution < 1.29 is 4.74 Å². The van der Waals surface area contributed by atoms with Crippen molar-refractivity contribution in [2.75, 3.05) is 12.2 Å². The van der Waals surface area contributed by atoms with Gasteiger partial charge in [-0.25, -0.2) is 0 Å². The third-order valence-corrected chi connectivity index (χ3v) is 9.15. The predicted molar refractivity (Wildman–Crippen MR) is 135 cm³/mol. The molecule has 1 aromatic rings. The molecule has 160 valence electrons. The molecular formula is C23H38Br2NOP. The van der Waals surface area contributed by atoms with E-state index in [-0.39, 0.29) is 16.2 Å². The largest absolute Gasteiger partial charge is 0.490 e. The summed E-state index contributed by atoms with van der Waals surface area (Å²) in [5, 5.41) is 5.07. The average molecular weight is 535 g/mol. The number of hydrogen-bond acceptors (Lipinski definition) is 2. The van der Waals surface area contributed by atoms with Gasteiger partial charge in [0.25, 0.3) is 0 Å². The highest BCUT2D eigenvalue weighted by Crippen LogP contribution is 2.57. The van der Waals surface area contributed by atoms with Crippen LogP contribution >= 0.6 is 38.2 Å². The first-order chi connectivity index (χ1) is 12.5. The Kier molecular flexibility index (Phi) is 8.72. The summed E-state index contributed by atoms with van der Waals surface area (Å²) < 4.78 is 6.27. The monoisotopic (exact) mass is 533 g/mol. The highest BCUT2D eigenvalue weighted by Gasteiger charge is 2.30. The predicted octanol–water partition coefficient (Wildman–Crippen LogP) is 9.32. The summed E-state index contributed by atoms with van der Waals surface area (Å²) in [4.78, 5) is 0. The van der Waals surface area contributed by atoms with Crippen molar-refractivity contribution in [1.82, 2.24) is 0 Å². The zero-order valence-electron chi connectivity index (χ0n) is 19.5. The average Bonchev–Trinajstić information content (AvgIpc) is 2.52. The number of halogens is 2. The molecule has 0 spiro atoms. The van der Waals surface area contributed by atoms with Gasteiger partial charge in [0.05, 0.1) is 13.9 Å². The quantitative estimate of drug-likeness (QED) is 0.300. The second kappa shape index (κ2) is 9.40. The number of allylic oxidation sites excluding steroid dienone is 1. The van der Waals surface area contributed by atoms with Crippen LogP contribution in [0.4, 0.5) is 5.69 Å². The molecule has 2 nitrogen and oxygen atoms in total. The Morgan fingerprint density at radius 2 is 1.36 bits per heavy atom. The van der Waals surface area contributed by atoms with Gasteiger partial charge >= 0.3 is 0 Å². The van der Waals surface area contributed by atoms with E-state index in [1.807, 2.05) is 0 Å². The molecule has 0 radical (unpaired) electrons.